The summed E-state index contributed by atoms with van der Waals surface area (Å²) in [6, 6.07) is 79.6. The third kappa shape index (κ3) is 5.79. The van der Waals surface area contributed by atoms with Crippen molar-refractivity contribution < 1.29 is 4.42 Å². The molecule has 0 spiro atoms. The Morgan fingerprint density at radius 1 is 0.413 bits per heavy atom. The molecule has 11 aromatic carbocycles. The highest BCUT2D eigenvalue weighted by molar-refractivity contribution is 7.27. The Morgan fingerprint density at radius 3 is 1.55 bits per heavy atom. The summed E-state index contributed by atoms with van der Waals surface area (Å²) in [5, 5.41) is 23.2. The Balaban J connectivity index is 1.22. The lowest BCUT2D eigenvalue weighted by Crippen LogP contribution is -2.09. The summed E-state index contributed by atoms with van der Waals surface area (Å²) in [6.07, 6.45) is 0. The quantitative estimate of drug-likeness (QED) is 0.161. The maximum Gasteiger partial charge on any atom is 0.220 e. The summed E-state index contributed by atoms with van der Waals surface area (Å²) in [4.78, 5) is 4.70. The Kier molecular flexibility index (Phi) is 8.85. The molecule has 0 fully saturated rings. The number of thiophene rings is 2. The third-order valence-electron chi connectivity index (χ3n) is 15.4. The maximum atomic E-state index is 12.3. The van der Waals surface area contributed by atoms with Crippen molar-refractivity contribution in [2.45, 2.75) is 0 Å². The minimum Gasteiger partial charge on any atom is -0.456 e. The second-order valence-electron chi connectivity index (χ2n) is 19.2. The molecule has 346 valence electrons. The predicted octanol–water partition coefficient (Wildman–Crippen LogP) is 19.9. The zero-order valence-electron chi connectivity index (χ0n) is 39.8. The van der Waals surface area contributed by atoms with Crippen LogP contribution >= 0.6 is 22.7 Å². The average molecular weight is 989 g/mol. The SMILES string of the molecule is [C-]#[N+]c1c(-c2ccccc2)c(C#N)c(-n2c3cc4c(cc3c3cccc(-c5ccccc5)c32)oc2ccccc24)c(-c2ccccc2)c1-n1c2c(ccc3c4ccccc4sc32)c2ccc3c4ccccc4sc3c21. The molecule has 0 aliphatic rings. The molecule has 75 heavy (non-hydrogen) atoms. The molecule has 7 heteroatoms. The fraction of sp³-hybridized carbons (Fsp3) is 0. The van der Waals surface area contributed by atoms with E-state index in [2.05, 4.69) is 179 Å². The molecule has 0 aliphatic heterocycles. The first-order valence-electron chi connectivity index (χ1n) is 24.9. The fourth-order valence-corrected chi connectivity index (χ4v) is 14.7. The number of aromatic nitrogens is 2. The van der Waals surface area contributed by atoms with Crippen molar-refractivity contribution in [3.63, 3.8) is 0 Å². The highest BCUT2D eigenvalue weighted by atomic mass is 32.1. The summed E-state index contributed by atoms with van der Waals surface area (Å²) in [5.74, 6) is 0. The number of nitriles is 1. The molecule has 0 saturated carbocycles. The van der Waals surface area contributed by atoms with Gasteiger partial charge in [0.15, 0.2) is 0 Å². The molecule has 0 atom stereocenters. The normalized spacial score (nSPS) is 12.0. The maximum absolute atomic E-state index is 12.3. The van der Waals surface area contributed by atoms with Crippen LogP contribution in [0, 0.1) is 17.9 Å². The van der Waals surface area contributed by atoms with Crippen LogP contribution in [0.4, 0.5) is 5.69 Å². The van der Waals surface area contributed by atoms with Crippen molar-refractivity contribution >= 4 is 134 Å². The van der Waals surface area contributed by atoms with E-state index in [1.807, 2.05) is 54.6 Å². The standard InChI is InChI=1S/C68H36N4OS2/c1-70-61-59(40-20-7-3-8-21-40)53(38-69)63(71-54-36-52-43-24-11-14-29-55(43)73-56(52)37-51(54)46-28-17-27-42(62(46)71)39-18-5-2-6-19-39)60(41-22-9-4-10-23-41)66(61)72-64-47(32-34-49-44-25-12-15-30-57(44)74-67(49)64)48-33-35-50-45-26-13-16-31-58(45)75-68(50)65(48)72/h2-37H. The largest absolute Gasteiger partial charge is 0.456 e. The summed E-state index contributed by atoms with van der Waals surface area (Å²) in [6.45, 7) is 9.62. The molecule has 0 N–H and O–H groups in total. The van der Waals surface area contributed by atoms with Crippen LogP contribution in [0.1, 0.15) is 5.56 Å². The molecule has 16 aromatic rings. The van der Waals surface area contributed by atoms with E-state index in [0.717, 1.165) is 119 Å². The van der Waals surface area contributed by atoms with Crippen LogP contribution in [0.3, 0.4) is 0 Å². The van der Waals surface area contributed by atoms with E-state index in [0.29, 0.717) is 22.5 Å². The summed E-state index contributed by atoms with van der Waals surface area (Å²) < 4.78 is 16.1. The van der Waals surface area contributed by atoms with Gasteiger partial charge in [0.05, 0.1) is 55.0 Å². The van der Waals surface area contributed by atoms with E-state index in [9.17, 15) is 11.8 Å². The Morgan fingerprint density at radius 2 is 0.933 bits per heavy atom. The Bertz CT molecular complexity index is 5070. The van der Waals surface area contributed by atoms with Crippen LogP contribution in [0.15, 0.2) is 223 Å². The molecular formula is C68H36N4OS2. The number of fused-ring (bicyclic) bond motifs is 17. The topological polar surface area (TPSA) is 51.1 Å². The number of para-hydroxylation sites is 2. The first kappa shape index (κ1) is 41.8. The Hall–Kier alpha value is -9.76. The van der Waals surface area contributed by atoms with Crippen LogP contribution in [0.2, 0.25) is 0 Å². The van der Waals surface area contributed by atoms with E-state index < -0.39 is 0 Å². The number of nitrogens with zero attached hydrogens (tertiary/aromatic N) is 4. The number of hydrogen-bond donors (Lipinski definition) is 0. The molecule has 0 aliphatic carbocycles. The zero-order valence-corrected chi connectivity index (χ0v) is 41.4. The smallest absolute Gasteiger partial charge is 0.220 e. The van der Waals surface area contributed by atoms with Gasteiger partial charge in [0.2, 0.25) is 5.69 Å². The average Bonchev–Trinajstić information content (AvgIpc) is 4.33. The summed E-state index contributed by atoms with van der Waals surface area (Å²) in [5.41, 5.74) is 12.9. The van der Waals surface area contributed by atoms with Crippen LogP contribution in [-0.4, -0.2) is 9.13 Å². The van der Waals surface area contributed by atoms with E-state index in [4.69, 9.17) is 9.26 Å². The number of furan rings is 1. The van der Waals surface area contributed by atoms with Crippen molar-refractivity contribution in [3.8, 4) is 50.8 Å². The lowest BCUT2D eigenvalue weighted by molar-refractivity contribution is 0.669. The van der Waals surface area contributed by atoms with Gasteiger partial charge in [0, 0.05) is 80.0 Å². The van der Waals surface area contributed by atoms with E-state index in [1.54, 1.807) is 22.7 Å². The highest BCUT2D eigenvalue weighted by Crippen LogP contribution is 2.55. The number of rotatable bonds is 5. The van der Waals surface area contributed by atoms with Crippen LogP contribution in [0.25, 0.3) is 155 Å². The lowest BCUT2D eigenvalue weighted by atomic mass is 9.88. The van der Waals surface area contributed by atoms with Crippen molar-refractivity contribution in [1.29, 1.82) is 5.26 Å². The minimum atomic E-state index is 0.405. The molecular weight excluding hydrogens is 953 g/mol. The van der Waals surface area contributed by atoms with Gasteiger partial charge < -0.3 is 13.6 Å². The predicted molar refractivity (Wildman–Crippen MR) is 315 cm³/mol. The van der Waals surface area contributed by atoms with Gasteiger partial charge in [-0.2, -0.15) is 5.26 Å². The van der Waals surface area contributed by atoms with E-state index in [-0.39, 0.29) is 0 Å². The molecule has 0 radical (unpaired) electrons. The molecule has 0 saturated heterocycles. The molecule has 16 rings (SSSR count). The van der Waals surface area contributed by atoms with Crippen molar-refractivity contribution in [1.82, 2.24) is 9.13 Å². The fourth-order valence-electron chi connectivity index (χ4n) is 12.3. The minimum absolute atomic E-state index is 0.405. The monoisotopic (exact) mass is 988 g/mol. The summed E-state index contributed by atoms with van der Waals surface area (Å²) >= 11 is 3.59. The molecule has 5 aromatic heterocycles. The van der Waals surface area contributed by atoms with Gasteiger partial charge in [-0.25, -0.2) is 4.85 Å². The second kappa shape index (κ2) is 15.9. The van der Waals surface area contributed by atoms with Gasteiger partial charge in [-0.15, -0.1) is 22.7 Å². The zero-order chi connectivity index (χ0) is 49.5. The molecule has 5 heterocycles. The highest BCUT2D eigenvalue weighted by Gasteiger charge is 2.34. The first-order chi connectivity index (χ1) is 37.2. The molecule has 0 amide bonds. The van der Waals surface area contributed by atoms with Crippen molar-refractivity contribution in [2.75, 3.05) is 0 Å². The summed E-state index contributed by atoms with van der Waals surface area (Å²) in [7, 11) is 0. The van der Waals surface area contributed by atoms with Crippen LogP contribution < -0.4 is 0 Å². The lowest BCUT2D eigenvalue weighted by Gasteiger charge is -2.26. The second-order valence-corrected chi connectivity index (χ2v) is 21.3. The Labute approximate surface area is 436 Å². The van der Waals surface area contributed by atoms with E-state index in [1.165, 1.54) is 20.2 Å². The van der Waals surface area contributed by atoms with Gasteiger partial charge in [-0.05, 0) is 47.0 Å². The van der Waals surface area contributed by atoms with E-state index >= 15 is 0 Å². The first-order valence-corrected chi connectivity index (χ1v) is 26.6. The van der Waals surface area contributed by atoms with Gasteiger partial charge in [-0.3, -0.25) is 0 Å². The van der Waals surface area contributed by atoms with Crippen molar-refractivity contribution in [3.05, 3.63) is 235 Å². The third-order valence-corrected chi connectivity index (χ3v) is 17.8. The van der Waals surface area contributed by atoms with Gasteiger partial charge in [0.25, 0.3) is 0 Å². The van der Waals surface area contributed by atoms with Crippen LogP contribution in [-0.2, 0) is 0 Å². The number of benzene rings is 11. The van der Waals surface area contributed by atoms with Gasteiger partial charge >= 0.3 is 0 Å². The van der Waals surface area contributed by atoms with Crippen molar-refractivity contribution in [2.24, 2.45) is 0 Å². The molecule has 5 nitrogen and oxygen atoms in total. The van der Waals surface area contributed by atoms with Gasteiger partial charge in [0.1, 0.15) is 17.2 Å². The van der Waals surface area contributed by atoms with Gasteiger partial charge in [-0.1, -0.05) is 188 Å². The molecule has 0 bridgehead atoms. The van der Waals surface area contributed by atoms with Crippen LogP contribution in [0.5, 0.6) is 0 Å². The number of hydrogen-bond acceptors (Lipinski definition) is 4. The molecule has 0 unspecified atom stereocenters.